The molecule has 69 valence electrons. The molecule has 0 N–H and O–H groups in total. The van der Waals surface area contributed by atoms with Crippen LogP contribution in [0.1, 0.15) is 28.8 Å². The molecule has 0 aliphatic heterocycles. The highest BCUT2D eigenvalue weighted by atomic mass is 16.5. The van der Waals surface area contributed by atoms with Crippen molar-refractivity contribution in [3.63, 3.8) is 0 Å². The molecule has 0 fully saturated rings. The molecule has 2 nitrogen and oxygen atoms in total. The SMILES string of the molecule is [CH2]C(C)c1ccc(C(=O)OC)cc1. The molecule has 0 saturated carbocycles. The third-order valence-corrected chi connectivity index (χ3v) is 1.90. The molecule has 1 unspecified atom stereocenters. The van der Waals surface area contributed by atoms with E-state index in [4.69, 9.17) is 0 Å². The largest absolute Gasteiger partial charge is 0.465 e. The molecule has 1 aromatic rings. The number of esters is 1. The third kappa shape index (κ3) is 2.31. The molecule has 0 saturated heterocycles. The van der Waals surface area contributed by atoms with Crippen molar-refractivity contribution in [2.75, 3.05) is 7.11 Å². The molecule has 0 bridgehead atoms. The number of hydrogen-bond donors (Lipinski definition) is 0. The first-order valence-electron chi connectivity index (χ1n) is 4.16. The Morgan fingerprint density at radius 3 is 2.31 bits per heavy atom. The standard InChI is InChI=1S/C11H13O2/c1-8(2)9-4-6-10(7-5-9)11(12)13-3/h4-8H,1H2,2-3H3. The van der Waals surface area contributed by atoms with Gasteiger partial charge in [0.15, 0.2) is 0 Å². The molecular formula is C11H13O2. The van der Waals surface area contributed by atoms with E-state index >= 15 is 0 Å². The van der Waals surface area contributed by atoms with Crippen molar-refractivity contribution >= 4 is 5.97 Å². The summed E-state index contributed by atoms with van der Waals surface area (Å²) < 4.78 is 4.58. The Balaban J connectivity index is 2.87. The van der Waals surface area contributed by atoms with Crippen LogP contribution in [0, 0.1) is 6.92 Å². The highest BCUT2D eigenvalue weighted by molar-refractivity contribution is 5.89. The maximum atomic E-state index is 11.1. The van der Waals surface area contributed by atoms with Crippen LogP contribution < -0.4 is 0 Å². The molecule has 2 heteroatoms. The van der Waals surface area contributed by atoms with Gasteiger partial charge in [0.1, 0.15) is 0 Å². The smallest absolute Gasteiger partial charge is 0.337 e. The average molecular weight is 177 g/mol. The van der Waals surface area contributed by atoms with E-state index in [1.54, 1.807) is 12.1 Å². The second-order valence-electron chi connectivity index (χ2n) is 3.01. The summed E-state index contributed by atoms with van der Waals surface area (Å²) in [7, 11) is 1.38. The van der Waals surface area contributed by atoms with Gasteiger partial charge in [0.05, 0.1) is 12.7 Å². The monoisotopic (exact) mass is 177 g/mol. The van der Waals surface area contributed by atoms with Gasteiger partial charge < -0.3 is 4.74 Å². The van der Waals surface area contributed by atoms with Crippen LogP contribution in [0.2, 0.25) is 0 Å². The van der Waals surface area contributed by atoms with E-state index in [9.17, 15) is 4.79 Å². The lowest BCUT2D eigenvalue weighted by Crippen LogP contribution is -2.01. The Bertz CT molecular complexity index is 285. The summed E-state index contributed by atoms with van der Waals surface area (Å²) in [5.74, 6) is -0.0602. The lowest BCUT2D eigenvalue weighted by Gasteiger charge is -2.05. The normalized spacial score (nSPS) is 10.2. The molecule has 0 spiro atoms. The van der Waals surface area contributed by atoms with E-state index < -0.39 is 0 Å². The number of carbonyl (C=O) groups excluding carboxylic acids is 1. The van der Waals surface area contributed by atoms with Gasteiger partial charge in [-0.25, -0.2) is 4.79 Å². The first-order chi connectivity index (χ1) is 6.15. The van der Waals surface area contributed by atoms with Crippen molar-refractivity contribution < 1.29 is 9.53 Å². The summed E-state index contributed by atoms with van der Waals surface area (Å²) in [6.45, 7) is 5.89. The van der Waals surface area contributed by atoms with Crippen LogP contribution in [0.3, 0.4) is 0 Å². The number of rotatable bonds is 2. The number of benzene rings is 1. The second kappa shape index (κ2) is 4.08. The highest BCUT2D eigenvalue weighted by Crippen LogP contribution is 2.14. The van der Waals surface area contributed by atoms with Crippen molar-refractivity contribution in [3.05, 3.63) is 42.3 Å². The van der Waals surface area contributed by atoms with Crippen molar-refractivity contribution in [2.24, 2.45) is 0 Å². The van der Waals surface area contributed by atoms with Gasteiger partial charge in [0.25, 0.3) is 0 Å². The van der Waals surface area contributed by atoms with Crippen LogP contribution in [-0.2, 0) is 4.74 Å². The highest BCUT2D eigenvalue weighted by Gasteiger charge is 2.05. The average Bonchev–Trinajstić information content (AvgIpc) is 2.17. The Kier molecular flexibility index (Phi) is 3.07. The minimum absolute atomic E-state index is 0.242. The van der Waals surface area contributed by atoms with Crippen LogP contribution in [0.5, 0.6) is 0 Å². The molecule has 1 atom stereocenters. The molecule has 13 heavy (non-hydrogen) atoms. The maximum absolute atomic E-state index is 11.1. The zero-order chi connectivity index (χ0) is 9.84. The maximum Gasteiger partial charge on any atom is 0.337 e. The van der Waals surface area contributed by atoms with Gasteiger partial charge in [-0.05, 0) is 30.5 Å². The number of methoxy groups -OCH3 is 1. The summed E-state index contributed by atoms with van der Waals surface area (Å²) >= 11 is 0. The predicted molar refractivity (Wildman–Crippen MR) is 51.6 cm³/mol. The Morgan fingerprint density at radius 1 is 1.38 bits per heavy atom. The minimum Gasteiger partial charge on any atom is -0.465 e. The summed E-state index contributed by atoms with van der Waals surface area (Å²) in [5.41, 5.74) is 1.69. The van der Waals surface area contributed by atoms with Crippen molar-refractivity contribution in [1.82, 2.24) is 0 Å². The fraction of sp³-hybridized carbons (Fsp3) is 0.273. The zero-order valence-corrected chi connectivity index (χ0v) is 7.91. The summed E-state index contributed by atoms with van der Waals surface area (Å²) in [6.07, 6.45) is 0. The van der Waals surface area contributed by atoms with Gasteiger partial charge in [0, 0.05) is 0 Å². The summed E-state index contributed by atoms with van der Waals surface area (Å²) in [6, 6.07) is 7.29. The Hall–Kier alpha value is -1.31. The van der Waals surface area contributed by atoms with E-state index in [0.717, 1.165) is 5.56 Å². The van der Waals surface area contributed by atoms with Gasteiger partial charge in [-0.2, -0.15) is 0 Å². The van der Waals surface area contributed by atoms with Crippen molar-refractivity contribution in [3.8, 4) is 0 Å². The van der Waals surface area contributed by atoms with Crippen LogP contribution in [0.4, 0.5) is 0 Å². The molecule has 1 radical (unpaired) electrons. The predicted octanol–water partition coefficient (Wildman–Crippen LogP) is 2.41. The topological polar surface area (TPSA) is 26.3 Å². The van der Waals surface area contributed by atoms with E-state index in [-0.39, 0.29) is 11.9 Å². The number of hydrogen-bond acceptors (Lipinski definition) is 2. The zero-order valence-electron chi connectivity index (χ0n) is 7.91. The molecule has 0 aromatic heterocycles. The Labute approximate surface area is 78.5 Å². The lowest BCUT2D eigenvalue weighted by molar-refractivity contribution is 0.0600. The molecular weight excluding hydrogens is 164 g/mol. The molecule has 1 aromatic carbocycles. The molecule has 0 aliphatic carbocycles. The van der Waals surface area contributed by atoms with Gasteiger partial charge in [-0.15, -0.1) is 0 Å². The van der Waals surface area contributed by atoms with Crippen LogP contribution in [0.25, 0.3) is 0 Å². The molecule has 0 heterocycles. The van der Waals surface area contributed by atoms with E-state index in [1.807, 2.05) is 19.1 Å². The first kappa shape index (κ1) is 9.78. The first-order valence-corrected chi connectivity index (χ1v) is 4.16. The van der Waals surface area contributed by atoms with E-state index in [2.05, 4.69) is 11.7 Å². The summed E-state index contributed by atoms with van der Waals surface area (Å²) in [5, 5.41) is 0. The Morgan fingerprint density at radius 2 is 1.92 bits per heavy atom. The molecule has 0 amide bonds. The van der Waals surface area contributed by atoms with Crippen LogP contribution in [0.15, 0.2) is 24.3 Å². The molecule has 1 rings (SSSR count). The molecule has 0 aliphatic rings. The van der Waals surface area contributed by atoms with Gasteiger partial charge in [-0.1, -0.05) is 19.1 Å². The van der Waals surface area contributed by atoms with Gasteiger partial charge >= 0.3 is 5.97 Å². The lowest BCUT2D eigenvalue weighted by atomic mass is 10.0. The minimum atomic E-state index is -0.303. The third-order valence-electron chi connectivity index (χ3n) is 1.90. The van der Waals surface area contributed by atoms with Gasteiger partial charge in [0.2, 0.25) is 0 Å². The van der Waals surface area contributed by atoms with Crippen molar-refractivity contribution in [2.45, 2.75) is 12.8 Å². The number of ether oxygens (including phenoxy) is 1. The van der Waals surface area contributed by atoms with Crippen molar-refractivity contribution in [1.29, 1.82) is 0 Å². The summed E-state index contributed by atoms with van der Waals surface area (Å²) in [4.78, 5) is 11.1. The van der Waals surface area contributed by atoms with Crippen LogP contribution >= 0.6 is 0 Å². The second-order valence-corrected chi connectivity index (χ2v) is 3.01. The van der Waals surface area contributed by atoms with Crippen LogP contribution in [-0.4, -0.2) is 13.1 Å². The fourth-order valence-electron chi connectivity index (χ4n) is 1.07. The number of carbonyl (C=O) groups is 1. The quantitative estimate of drug-likeness (QED) is 0.648. The fourth-order valence-corrected chi connectivity index (χ4v) is 1.07. The van der Waals surface area contributed by atoms with E-state index in [0.29, 0.717) is 5.56 Å². The van der Waals surface area contributed by atoms with E-state index in [1.165, 1.54) is 7.11 Å². The van der Waals surface area contributed by atoms with Gasteiger partial charge in [-0.3, -0.25) is 0 Å².